The van der Waals surface area contributed by atoms with Crippen molar-refractivity contribution >= 4 is 12.0 Å². The van der Waals surface area contributed by atoms with Crippen molar-refractivity contribution in [2.75, 3.05) is 6.54 Å². The number of halogens is 1. The lowest BCUT2D eigenvalue weighted by Gasteiger charge is -2.12. The van der Waals surface area contributed by atoms with Crippen LogP contribution >= 0.6 is 0 Å². The van der Waals surface area contributed by atoms with Crippen LogP contribution in [0.25, 0.3) is 6.08 Å². The SMILES string of the molecule is CCC(CN)NC(=O)C=Cc1ccc(F)cc1. The van der Waals surface area contributed by atoms with Crippen molar-refractivity contribution in [3.05, 3.63) is 41.7 Å². The molecule has 0 aromatic heterocycles. The van der Waals surface area contributed by atoms with Crippen molar-refractivity contribution in [2.45, 2.75) is 19.4 Å². The molecule has 1 amide bonds. The summed E-state index contributed by atoms with van der Waals surface area (Å²) in [5, 5.41) is 2.77. The number of nitrogens with two attached hydrogens (primary N) is 1. The summed E-state index contributed by atoms with van der Waals surface area (Å²) in [6, 6.07) is 5.93. The van der Waals surface area contributed by atoms with E-state index in [2.05, 4.69) is 5.32 Å². The molecule has 1 aromatic rings. The fourth-order valence-corrected chi connectivity index (χ4v) is 1.32. The minimum atomic E-state index is -0.291. The summed E-state index contributed by atoms with van der Waals surface area (Å²) in [5.74, 6) is -0.479. The molecule has 0 radical (unpaired) electrons. The van der Waals surface area contributed by atoms with Crippen LogP contribution in [0.15, 0.2) is 30.3 Å². The molecule has 0 bridgehead atoms. The molecule has 0 aliphatic heterocycles. The van der Waals surface area contributed by atoms with Crippen molar-refractivity contribution in [2.24, 2.45) is 5.73 Å². The highest BCUT2D eigenvalue weighted by Gasteiger charge is 2.04. The Morgan fingerprint density at radius 2 is 2.12 bits per heavy atom. The Labute approximate surface area is 101 Å². The fraction of sp³-hybridized carbons (Fsp3) is 0.308. The van der Waals surface area contributed by atoms with Crippen LogP contribution in [0.3, 0.4) is 0 Å². The van der Waals surface area contributed by atoms with Crippen molar-refractivity contribution < 1.29 is 9.18 Å². The minimum absolute atomic E-state index is 0.000341. The zero-order valence-corrected chi connectivity index (χ0v) is 9.82. The summed E-state index contributed by atoms with van der Waals surface area (Å²) < 4.78 is 12.6. The molecule has 0 aliphatic rings. The van der Waals surface area contributed by atoms with Crippen molar-refractivity contribution in [3.8, 4) is 0 Å². The van der Waals surface area contributed by atoms with E-state index in [0.29, 0.717) is 6.54 Å². The molecule has 1 unspecified atom stereocenters. The number of benzene rings is 1. The predicted octanol–water partition coefficient (Wildman–Crippen LogP) is 1.69. The van der Waals surface area contributed by atoms with Gasteiger partial charge in [-0.1, -0.05) is 19.1 Å². The maximum absolute atomic E-state index is 12.6. The highest BCUT2D eigenvalue weighted by Crippen LogP contribution is 2.04. The largest absolute Gasteiger partial charge is 0.349 e. The molecule has 0 fully saturated rings. The number of hydrogen-bond donors (Lipinski definition) is 2. The first kappa shape index (κ1) is 13.4. The molecule has 4 heteroatoms. The highest BCUT2D eigenvalue weighted by atomic mass is 19.1. The fourth-order valence-electron chi connectivity index (χ4n) is 1.32. The van der Waals surface area contributed by atoms with E-state index in [4.69, 9.17) is 5.73 Å². The van der Waals surface area contributed by atoms with Crippen molar-refractivity contribution in [1.82, 2.24) is 5.32 Å². The number of carbonyl (C=O) groups excluding carboxylic acids is 1. The Morgan fingerprint density at radius 3 is 2.65 bits per heavy atom. The molecule has 0 saturated heterocycles. The Bertz CT molecular complexity index is 383. The van der Waals surface area contributed by atoms with Gasteiger partial charge in [0.1, 0.15) is 5.82 Å². The standard InChI is InChI=1S/C13H17FN2O/c1-2-12(9-15)16-13(17)8-5-10-3-6-11(14)7-4-10/h3-8,12H,2,9,15H2,1H3,(H,16,17). The topological polar surface area (TPSA) is 55.1 Å². The molecule has 0 heterocycles. The smallest absolute Gasteiger partial charge is 0.244 e. The van der Waals surface area contributed by atoms with Gasteiger partial charge in [-0.25, -0.2) is 4.39 Å². The van der Waals surface area contributed by atoms with Gasteiger partial charge < -0.3 is 11.1 Å². The Hall–Kier alpha value is -1.68. The molecule has 3 nitrogen and oxygen atoms in total. The molecule has 1 rings (SSSR count). The molecule has 92 valence electrons. The Morgan fingerprint density at radius 1 is 1.47 bits per heavy atom. The second kappa shape index (κ2) is 6.81. The zero-order valence-electron chi connectivity index (χ0n) is 9.82. The van der Waals surface area contributed by atoms with Crippen LogP contribution in [0.1, 0.15) is 18.9 Å². The maximum atomic E-state index is 12.6. The van der Waals surface area contributed by atoms with Crippen LogP contribution in [-0.2, 0) is 4.79 Å². The molecule has 1 atom stereocenters. The van der Waals surface area contributed by atoms with E-state index in [1.807, 2.05) is 6.92 Å². The van der Waals surface area contributed by atoms with Gasteiger partial charge in [-0.05, 0) is 30.2 Å². The molecule has 0 aliphatic carbocycles. The molecule has 0 spiro atoms. The van der Waals surface area contributed by atoms with E-state index in [0.717, 1.165) is 12.0 Å². The van der Waals surface area contributed by atoms with Gasteiger partial charge in [0.2, 0.25) is 5.91 Å². The highest BCUT2D eigenvalue weighted by molar-refractivity contribution is 5.91. The van der Waals surface area contributed by atoms with Gasteiger partial charge in [-0.15, -0.1) is 0 Å². The molecule has 17 heavy (non-hydrogen) atoms. The molecule has 0 saturated carbocycles. The summed E-state index contributed by atoms with van der Waals surface area (Å²) in [6.45, 7) is 2.38. The first-order chi connectivity index (χ1) is 8.15. The lowest BCUT2D eigenvalue weighted by atomic mass is 10.2. The number of hydrogen-bond acceptors (Lipinski definition) is 2. The monoisotopic (exact) mass is 236 g/mol. The van der Waals surface area contributed by atoms with Gasteiger partial charge in [-0.2, -0.15) is 0 Å². The second-order valence-corrected chi connectivity index (χ2v) is 3.73. The molecule has 3 N–H and O–H groups in total. The van der Waals surface area contributed by atoms with Gasteiger partial charge in [0.25, 0.3) is 0 Å². The first-order valence-corrected chi connectivity index (χ1v) is 5.60. The number of rotatable bonds is 5. The third-order valence-electron chi connectivity index (χ3n) is 2.42. The van der Waals surface area contributed by atoms with Crippen LogP contribution in [0.4, 0.5) is 4.39 Å². The Balaban J connectivity index is 2.53. The first-order valence-electron chi connectivity index (χ1n) is 5.60. The Kier molecular flexibility index (Phi) is 5.36. The molecular formula is C13H17FN2O. The van der Waals surface area contributed by atoms with Gasteiger partial charge in [0.15, 0.2) is 0 Å². The van der Waals surface area contributed by atoms with Gasteiger partial charge in [-0.3, -0.25) is 4.79 Å². The zero-order chi connectivity index (χ0) is 12.7. The predicted molar refractivity (Wildman–Crippen MR) is 66.7 cm³/mol. The van der Waals surface area contributed by atoms with E-state index >= 15 is 0 Å². The van der Waals surface area contributed by atoms with E-state index in [1.54, 1.807) is 18.2 Å². The minimum Gasteiger partial charge on any atom is -0.349 e. The van der Waals surface area contributed by atoms with E-state index in [9.17, 15) is 9.18 Å². The van der Waals surface area contributed by atoms with Gasteiger partial charge >= 0.3 is 0 Å². The van der Waals surface area contributed by atoms with Crippen LogP contribution in [0.5, 0.6) is 0 Å². The number of amides is 1. The van der Waals surface area contributed by atoms with Gasteiger partial charge in [0, 0.05) is 18.7 Å². The third kappa shape index (κ3) is 4.78. The van der Waals surface area contributed by atoms with Crippen molar-refractivity contribution in [3.63, 3.8) is 0 Å². The van der Waals surface area contributed by atoms with Crippen LogP contribution in [0, 0.1) is 5.82 Å². The van der Waals surface area contributed by atoms with E-state index < -0.39 is 0 Å². The lowest BCUT2D eigenvalue weighted by Crippen LogP contribution is -2.38. The average Bonchev–Trinajstić information content (AvgIpc) is 2.35. The summed E-state index contributed by atoms with van der Waals surface area (Å²) in [5.41, 5.74) is 6.25. The third-order valence-corrected chi connectivity index (χ3v) is 2.42. The average molecular weight is 236 g/mol. The van der Waals surface area contributed by atoms with Crippen LogP contribution in [0.2, 0.25) is 0 Å². The van der Waals surface area contributed by atoms with Crippen LogP contribution < -0.4 is 11.1 Å². The maximum Gasteiger partial charge on any atom is 0.244 e. The van der Waals surface area contributed by atoms with Crippen molar-refractivity contribution in [1.29, 1.82) is 0 Å². The lowest BCUT2D eigenvalue weighted by molar-refractivity contribution is -0.117. The van der Waals surface area contributed by atoms with Crippen LogP contribution in [-0.4, -0.2) is 18.5 Å². The van der Waals surface area contributed by atoms with E-state index in [-0.39, 0.29) is 17.8 Å². The summed E-state index contributed by atoms with van der Waals surface area (Å²) in [4.78, 5) is 11.5. The van der Waals surface area contributed by atoms with E-state index in [1.165, 1.54) is 18.2 Å². The second-order valence-electron chi connectivity index (χ2n) is 3.73. The molecular weight excluding hydrogens is 219 g/mol. The summed E-state index contributed by atoms with van der Waals surface area (Å²) in [7, 11) is 0. The normalized spacial score (nSPS) is 12.6. The number of carbonyl (C=O) groups is 1. The quantitative estimate of drug-likeness (QED) is 0.764. The summed E-state index contributed by atoms with van der Waals surface area (Å²) in [6.07, 6.45) is 3.86. The molecule has 1 aromatic carbocycles. The summed E-state index contributed by atoms with van der Waals surface area (Å²) >= 11 is 0. The van der Waals surface area contributed by atoms with Gasteiger partial charge in [0.05, 0.1) is 0 Å². The number of nitrogens with one attached hydrogen (secondary N) is 1.